The van der Waals surface area contributed by atoms with Gasteiger partial charge in [-0.05, 0) is 37.5 Å². The molecule has 38 heavy (non-hydrogen) atoms. The molecule has 4 aliphatic heterocycles. The number of aromatic hydroxyl groups is 1. The second-order valence-corrected chi connectivity index (χ2v) is 9.93. The number of piperazine rings is 1. The number of phenolic OH excluding ortho intramolecular Hbond substituents is 1. The molecule has 0 unspecified atom stereocenters. The molecule has 2 aromatic carbocycles. The third-order valence-electron chi connectivity index (χ3n) is 7.93. The van der Waals surface area contributed by atoms with E-state index in [1.165, 1.54) is 14.2 Å². The lowest BCUT2D eigenvalue weighted by atomic mass is 9.77. The number of morpholine rings is 1. The van der Waals surface area contributed by atoms with Crippen molar-refractivity contribution in [3.63, 3.8) is 0 Å². The highest BCUT2D eigenvalue weighted by atomic mass is 16.7. The fourth-order valence-corrected chi connectivity index (χ4v) is 6.36. The van der Waals surface area contributed by atoms with Crippen LogP contribution in [0.1, 0.15) is 39.9 Å². The van der Waals surface area contributed by atoms with Gasteiger partial charge in [0.25, 0.3) is 0 Å². The number of carbonyl (C=O) groups is 1. The lowest BCUT2D eigenvalue weighted by Crippen LogP contribution is -2.69. The molecule has 0 spiro atoms. The number of cyclic esters (lactones) is 1. The minimum atomic E-state index is -0.956. The summed E-state index contributed by atoms with van der Waals surface area (Å²) in [5.74, 6) is 1.36. The third kappa shape index (κ3) is 3.48. The lowest BCUT2D eigenvalue weighted by Gasteiger charge is -2.55. The van der Waals surface area contributed by atoms with Crippen molar-refractivity contribution in [3.8, 4) is 34.8 Å². The van der Waals surface area contributed by atoms with Crippen molar-refractivity contribution in [1.29, 1.82) is 5.26 Å². The number of nitriles is 1. The molecule has 200 valence electrons. The quantitative estimate of drug-likeness (QED) is 0.441. The second kappa shape index (κ2) is 9.23. The fraction of sp³-hybridized carbons (Fsp3) is 0.481. The first kappa shape index (κ1) is 24.6. The maximum atomic E-state index is 13.5. The van der Waals surface area contributed by atoms with E-state index in [2.05, 4.69) is 11.4 Å². The molecule has 2 bridgehead atoms. The predicted octanol–water partition coefficient (Wildman–Crippen LogP) is 2.16. The molecule has 11 heteroatoms. The maximum Gasteiger partial charge on any atom is 0.328 e. The molecular formula is C27H29N3O8. The van der Waals surface area contributed by atoms with Crippen LogP contribution in [0.15, 0.2) is 12.1 Å². The van der Waals surface area contributed by atoms with Crippen LogP contribution in [0.3, 0.4) is 0 Å². The van der Waals surface area contributed by atoms with Crippen LogP contribution >= 0.6 is 0 Å². The molecule has 0 aromatic heterocycles. The number of nitrogens with one attached hydrogen (secondary N) is 1. The van der Waals surface area contributed by atoms with E-state index in [0.29, 0.717) is 46.1 Å². The summed E-state index contributed by atoms with van der Waals surface area (Å²) < 4.78 is 33.7. The highest BCUT2D eigenvalue weighted by Gasteiger charge is 2.55. The van der Waals surface area contributed by atoms with E-state index >= 15 is 0 Å². The van der Waals surface area contributed by atoms with E-state index in [4.69, 9.17) is 28.4 Å². The van der Waals surface area contributed by atoms with Crippen LogP contribution < -0.4 is 24.3 Å². The molecule has 0 radical (unpaired) electrons. The summed E-state index contributed by atoms with van der Waals surface area (Å²) in [4.78, 5) is 15.4. The zero-order valence-corrected chi connectivity index (χ0v) is 21.6. The van der Waals surface area contributed by atoms with Gasteiger partial charge in [-0.3, -0.25) is 4.90 Å². The monoisotopic (exact) mass is 523 g/mol. The van der Waals surface area contributed by atoms with Crippen molar-refractivity contribution in [3.05, 3.63) is 39.9 Å². The number of hydrogen-bond donors (Lipinski definition) is 2. The van der Waals surface area contributed by atoms with Gasteiger partial charge in [-0.25, -0.2) is 4.79 Å². The van der Waals surface area contributed by atoms with E-state index in [1.54, 1.807) is 6.07 Å². The topological polar surface area (TPSA) is 132 Å². The number of aryl methyl sites for hydroxylation is 1. The van der Waals surface area contributed by atoms with Gasteiger partial charge in [0.2, 0.25) is 6.79 Å². The number of esters is 1. The van der Waals surface area contributed by atoms with Gasteiger partial charge in [0.15, 0.2) is 29.8 Å². The van der Waals surface area contributed by atoms with Gasteiger partial charge in [-0.1, -0.05) is 6.07 Å². The number of methoxy groups -OCH3 is 2. The van der Waals surface area contributed by atoms with Gasteiger partial charge in [0.1, 0.15) is 24.4 Å². The normalized spacial score (nSPS) is 27.1. The zero-order valence-electron chi connectivity index (χ0n) is 21.6. The number of fused-ring (bicyclic) bond motifs is 7. The van der Waals surface area contributed by atoms with Crippen LogP contribution in [0, 0.1) is 25.2 Å². The van der Waals surface area contributed by atoms with Crippen molar-refractivity contribution < 1.29 is 38.3 Å². The Morgan fingerprint density at radius 3 is 2.74 bits per heavy atom. The zero-order chi connectivity index (χ0) is 26.7. The highest BCUT2D eigenvalue weighted by molar-refractivity contribution is 5.81. The first-order valence-corrected chi connectivity index (χ1v) is 12.4. The molecule has 4 aliphatic rings. The van der Waals surface area contributed by atoms with Gasteiger partial charge in [-0.15, -0.1) is 0 Å². The Bertz CT molecular complexity index is 1360. The Hall–Kier alpha value is -3.72. The Morgan fingerprint density at radius 2 is 2.00 bits per heavy atom. The third-order valence-corrected chi connectivity index (χ3v) is 7.93. The molecule has 2 saturated heterocycles. The average molecular weight is 524 g/mol. The Labute approximate surface area is 219 Å². The maximum absolute atomic E-state index is 13.5. The standard InChI is InChI=1S/C27H29N3O8/c1-12-5-14-6-16-17(8-28)30-18(21(29-16)20(14)23(31)24(12)34-4)9-35-27(32)22(30)15-7-19(36-10-33-3)13(2)25-26(15)38-11-37-25/h5,7,16-18,21-22,29,31H,6,9-11H2,1-4H3/t16-,17-,18+,21-,22+/m1/s1. The van der Waals surface area contributed by atoms with Crippen LogP contribution in [0.25, 0.3) is 0 Å². The van der Waals surface area contributed by atoms with Crippen LogP contribution in [-0.2, 0) is 20.7 Å². The summed E-state index contributed by atoms with van der Waals surface area (Å²) in [7, 11) is 3.04. The van der Waals surface area contributed by atoms with Crippen molar-refractivity contribution >= 4 is 5.97 Å². The first-order chi connectivity index (χ1) is 18.4. The summed E-state index contributed by atoms with van der Waals surface area (Å²) in [6.07, 6.45) is 0.501. The number of carbonyl (C=O) groups excluding carboxylic acids is 1. The van der Waals surface area contributed by atoms with Crippen LogP contribution in [0.4, 0.5) is 0 Å². The van der Waals surface area contributed by atoms with Gasteiger partial charge < -0.3 is 38.8 Å². The van der Waals surface area contributed by atoms with Gasteiger partial charge in [0, 0.05) is 29.8 Å². The van der Waals surface area contributed by atoms with E-state index in [1.807, 2.05) is 24.8 Å². The molecule has 6 rings (SSSR count). The SMILES string of the molecule is COCOc1cc([C@H]2C(=O)OC[C@H]3[C@H]4N[C@H](Cc5cc(C)c(OC)c(O)c54)[C@@H](C#N)N23)c2c(c1C)OCO2. The number of benzene rings is 2. The van der Waals surface area contributed by atoms with E-state index in [0.717, 1.165) is 11.1 Å². The molecule has 2 aromatic rings. The average Bonchev–Trinajstić information content (AvgIpc) is 3.39. The van der Waals surface area contributed by atoms with Crippen LogP contribution in [0.2, 0.25) is 0 Å². The summed E-state index contributed by atoms with van der Waals surface area (Å²) in [6, 6.07) is 3.43. The Kier molecular flexibility index (Phi) is 5.98. The van der Waals surface area contributed by atoms with Crippen LogP contribution in [-0.4, -0.2) is 68.5 Å². The number of hydrogen-bond acceptors (Lipinski definition) is 11. The van der Waals surface area contributed by atoms with E-state index < -0.39 is 30.1 Å². The number of nitrogens with zero attached hydrogens (tertiary/aromatic N) is 2. The predicted molar refractivity (Wildman–Crippen MR) is 131 cm³/mol. The highest BCUT2D eigenvalue weighted by Crippen LogP contribution is 2.52. The largest absolute Gasteiger partial charge is 0.504 e. The minimum absolute atomic E-state index is 0.00300. The smallest absolute Gasteiger partial charge is 0.328 e. The minimum Gasteiger partial charge on any atom is -0.504 e. The number of rotatable bonds is 5. The summed E-state index contributed by atoms with van der Waals surface area (Å²) in [6.45, 7) is 3.77. The van der Waals surface area contributed by atoms with Gasteiger partial charge in [0.05, 0.1) is 25.3 Å². The molecular weight excluding hydrogens is 494 g/mol. The van der Waals surface area contributed by atoms with Crippen molar-refractivity contribution in [2.75, 3.05) is 34.4 Å². The Balaban J connectivity index is 1.50. The molecule has 0 amide bonds. The molecule has 11 nitrogen and oxygen atoms in total. The molecule has 5 atom stereocenters. The molecule has 2 N–H and O–H groups in total. The van der Waals surface area contributed by atoms with E-state index in [-0.39, 0.29) is 32.0 Å². The molecule has 0 aliphatic carbocycles. The van der Waals surface area contributed by atoms with Crippen LogP contribution in [0.5, 0.6) is 28.7 Å². The second-order valence-electron chi connectivity index (χ2n) is 9.93. The van der Waals surface area contributed by atoms with Crippen molar-refractivity contribution in [2.24, 2.45) is 0 Å². The van der Waals surface area contributed by atoms with Gasteiger partial charge >= 0.3 is 5.97 Å². The van der Waals surface area contributed by atoms with Crippen molar-refractivity contribution in [1.82, 2.24) is 10.2 Å². The summed E-state index contributed by atoms with van der Waals surface area (Å²) >= 11 is 0. The number of phenols is 1. The Morgan fingerprint density at radius 1 is 1.21 bits per heavy atom. The summed E-state index contributed by atoms with van der Waals surface area (Å²) in [5, 5.41) is 25.2. The van der Waals surface area contributed by atoms with Gasteiger partial charge in [-0.2, -0.15) is 5.26 Å². The molecule has 0 saturated carbocycles. The van der Waals surface area contributed by atoms with E-state index in [9.17, 15) is 15.2 Å². The summed E-state index contributed by atoms with van der Waals surface area (Å²) in [5.41, 5.74) is 3.68. The molecule has 2 fully saturated rings. The van der Waals surface area contributed by atoms with Crippen molar-refractivity contribution in [2.45, 2.75) is 50.5 Å². The first-order valence-electron chi connectivity index (χ1n) is 12.4. The lowest BCUT2D eigenvalue weighted by molar-refractivity contribution is -0.171. The fourth-order valence-electron chi connectivity index (χ4n) is 6.36. The number of ether oxygens (including phenoxy) is 6. The molecule has 4 heterocycles.